The van der Waals surface area contributed by atoms with E-state index in [9.17, 15) is 19.5 Å². The highest BCUT2D eigenvalue weighted by molar-refractivity contribution is 7.98. The van der Waals surface area contributed by atoms with Crippen LogP contribution in [0.5, 0.6) is 5.75 Å². The van der Waals surface area contributed by atoms with Gasteiger partial charge in [0.05, 0.1) is 6.10 Å². The third kappa shape index (κ3) is 8.11. The number of rotatable bonds is 11. The number of hydrogen-bond acceptors (Lipinski definition) is 5. The first kappa shape index (κ1) is 25.0. The van der Waals surface area contributed by atoms with Crippen LogP contribution in [0.1, 0.15) is 36.2 Å². The molecule has 0 aliphatic heterocycles. The monoisotopic (exact) mass is 456 g/mol. The molecule has 0 aromatic heterocycles. The van der Waals surface area contributed by atoms with E-state index in [1.54, 1.807) is 54.6 Å². The van der Waals surface area contributed by atoms with Crippen LogP contribution in [0.3, 0.4) is 0 Å². The zero-order chi connectivity index (χ0) is 23.5. The molecule has 0 heterocycles. The van der Waals surface area contributed by atoms with E-state index in [4.69, 9.17) is 4.74 Å². The van der Waals surface area contributed by atoms with Gasteiger partial charge in [-0.3, -0.25) is 9.59 Å². The molecule has 2 rings (SSSR count). The van der Waals surface area contributed by atoms with E-state index in [1.807, 2.05) is 20.1 Å². The summed E-state index contributed by atoms with van der Waals surface area (Å²) >= 11 is 1.49. The van der Waals surface area contributed by atoms with Gasteiger partial charge in [0.1, 0.15) is 17.5 Å². The fraction of sp³-hybridized carbons (Fsp3) is 0.292. The van der Waals surface area contributed by atoms with E-state index in [0.717, 1.165) is 0 Å². The van der Waals surface area contributed by atoms with Gasteiger partial charge in [0.2, 0.25) is 0 Å². The normalized spacial score (nSPS) is 12.2. The number of benzene rings is 2. The molecule has 8 heteroatoms. The van der Waals surface area contributed by atoms with E-state index >= 15 is 0 Å². The molecular weight excluding hydrogens is 428 g/mol. The van der Waals surface area contributed by atoms with Crippen LogP contribution in [0, 0.1) is 0 Å². The van der Waals surface area contributed by atoms with Gasteiger partial charge in [0, 0.05) is 5.56 Å². The highest BCUT2D eigenvalue weighted by atomic mass is 32.2. The van der Waals surface area contributed by atoms with Gasteiger partial charge in [-0.25, -0.2) is 4.79 Å². The predicted molar refractivity (Wildman–Crippen MR) is 127 cm³/mol. The van der Waals surface area contributed by atoms with E-state index in [-0.39, 0.29) is 18.2 Å². The first-order chi connectivity index (χ1) is 15.3. The van der Waals surface area contributed by atoms with Crippen LogP contribution in [0.4, 0.5) is 0 Å². The fourth-order valence-electron chi connectivity index (χ4n) is 2.75. The molecule has 0 bridgehead atoms. The molecule has 7 nitrogen and oxygen atoms in total. The molecular formula is C24H28N2O5S. The lowest BCUT2D eigenvalue weighted by atomic mass is 10.1. The Hall–Kier alpha value is -3.26. The zero-order valence-corrected chi connectivity index (χ0v) is 19.1. The van der Waals surface area contributed by atoms with Gasteiger partial charge in [0.15, 0.2) is 0 Å². The number of amides is 2. The van der Waals surface area contributed by atoms with E-state index in [1.165, 1.54) is 17.8 Å². The van der Waals surface area contributed by atoms with E-state index in [2.05, 4.69) is 10.6 Å². The largest absolute Gasteiger partial charge is 0.491 e. The number of carbonyl (C=O) groups is 3. The van der Waals surface area contributed by atoms with Gasteiger partial charge >= 0.3 is 5.97 Å². The molecule has 0 aliphatic rings. The maximum atomic E-state index is 12.9. The molecule has 2 aromatic rings. The minimum atomic E-state index is -1.13. The Kier molecular flexibility index (Phi) is 9.81. The Morgan fingerprint density at radius 3 is 2.28 bits per heavy atom. The zero-order valence-electron chi connectivity index (χ0n) is 18.3. The molecule has 0 fully saturated rings. The molecule has 0 saturated heterocycles. The van der Waals surface area contributed by atoms with Gasteiger partial charge < -0.3 is 20.5 Å². The molecule has 32 heavy (non-hydrogen) atoms. The molecule has 0 radical (unpaired) electrons. The number of carboxylic acids is 1. The Balaban J connectivity index is 2.29. The molecule has 170 valence electrons. The van der Waals surface area contributed by atoms with Gasteiger partial charge in [-0.1, -0.05) is 30.3 Å². The number of nitrogens with one attached hydrogen (secondary N) is 2. The van der Waals surface area contributed by atoms with Gasteiger partial charge in [0.25, 0.3) is 11.8 Å². The third-order valence-corrected chi connectivity index (χ3v) is 4.95. The first-order valence-corrected chi connectivity index (χ1v) is 11.6. The number of carbonyl (C=O) groups excluding carboxylic acids is 2. The lowest BCUT2D eigenvalue weighted by Crippen LogP contribution is -2.44. The van der Waals surface area contributed by atoms with Crippen molar-refractivity contribution in [3.05, 3.63) is 71.4 Å². The first-order valence-electron chi connectivity index (χ1n) is 10.2. The Morgan fingerprint density at radius 1 is 1.06 bits per heavy atom. The van der Waals surface area contributed by atoms with Crippen LogP contribution in [0.15, 0.2) is 60.3 Å². The SMILES string of the molecule is CSCC[C@H](NC(=O)/C(=C\c1ccc(OC(C)C)cc1)NC(=O)c1ccccc1)C(=O)O. The highest BCUT2D eigenvalue weighted by Gasteiger charge is 2.22. The summed E-state index contributed by atoms with van der Waals surface area (Å²) in [6, 6.07) is 14.4. The minimum Gasteiger partial charge on any atom is -0.491 e. The second-order valence-electron chi connectivity index (χ2n) is 7.26. The van der Waals surface area contributed by atoms with Crippen LogP contribution in [-0.4, -0.2) is 47.0 Å². The fourth-order valence-corrected chi connectivity index (χ4v) is 3.22. The summed E-state index contributed by atoms with van der Waals surface area (Å²) in [5, 5.41) is 14.6. The van der Waals surface area contributed by atoms with Crippen molar-refractivity contribution in [2.75, 3.05) is 12.0 Å². The Labute approximate surface area is 192 Å². The summed E-state index contributed by atoms with van der Waals surface area (Å²) < 4.78 is 5.62. The predicted octanol–water partition coefficient (Wildman–Crippen LogP) is 3.57. The molecule has 3 N–H and O–H groups in total. The number of carboxylic acid groups (broad SMARTS) is 1. The van der Waals surface area contributed by atoms with Crippen molar-refractivity contribution in [2.24, 2.45) is 0 Å². The standard InChI is InChI=1S/C24H28N2O5S/c1-16(2)31-19-11-9-17(10-12-19)15-21(26-22(27)18-7-5-4-6-8-18)23(28)25-20(24(29)30)13-14-32-3/h4-12,15-16,20H,13-14H2,1-3H3,(H,25,28)(H,26,27)(H,29,30)/b21-15+/t20-/m0/s1. The van der Waals surface area contributed by atoms with Crippen molar-refractivity contribution in [1.82, 2.24) is 10.6 Å². The van der Waals surface area contributed by atoms with Crippen molar-refractivity contribution < 1.29 is 24.2 Å². The average Bonchev–Trinajstić information content (AvgIpc) is 2.77. The number of ether oxygens (including phenoxy) is 1. The summed E-state index contributed by atoms with van der Waals surface area (Å²) in [5.41, 5.74) is 0.978. The van der Waals surface area contributed by atoms with Gasteiger partial charge in [-0.2, -0.15) is 11.8 Å². The second-order valence-corrected chi connectivity index (χ2v) is 8.25. The third-order valence-electron chi connectivity index (χ3n) is 4.31. The Morgan fingerprint density at radius 2 is 1.72 bits per heavy atom. The van der Waals surface area contributed by atoms with Crippen molar-refractivity contribution in [3.8, 4) is 5.75 Å². The maximum absolute atomic E-state index is 12.9. The van der Waals surface area contributed by atoms with Crippen LogP contribution in [0.2, 0.25) is 0 Å². The molecule has 2 aromatic carbocycles. The number of aliphatic carboxylic acids is 1. The Bertz CT molecular complexity index is 943. The molecule has 0 spiro atoms. The lowest BCUT2D eigenvalue weighted by molar-refractivity contribution is -0.141. The van der Waals surface area contributed by atoms with Gasteiger partial charge in [-0.05, 0) is 68.2 Å². The van der Waals surface area contributed by atoms with Crippen molar-refractivity contribution in [2.45, 2.75) is 32.4 Å². The van der Waals surface area contributed by atoms with Crippen molar-refractivity contribution in [1.29, 1.82) is 0 Å². The summed E-state index contributed by atoms with van der Waals surface area (Å²) in [6.07, 6.45) is 3.66. The molecule has 0 saturated carbocycles. The van der Waals surface area contributed by atoms with Crippen LogP contribution < -0.4 is 15.4 Å². The maximum Gasteiger partial charge on any atom is 0.326 e. The molecule has 2 amide bonds. The molecule has 0 aliphatic carbocycles. The second kappa shape index (κ2) is 12.6. The number of thioether (sulfide) groups is 1. The smallest absolute Gasteiger partial charge is 0.326 e. The van der Waals surface area contributed by atoms with Crippen molar-refractivity contribution in [3.63, 3.8) is 0 Å². The van der Waals surface area contributed by atoms with E-state index in [0.29, 0.717) is 22.6 Å². The highest BCUT2D eigenvalue weighted by Crippen LogP contribution is 2.16. The van der Waals surface area contributed by atoms with Crippen molar-refractivity contribution >= 4 is 35.6 Å². The van der Waals surface area contributed by atoms with Crippen LogP contribution in [0.25, 0.3) is 6.08 Å². The van der Waals surface area contributed by atoms with E-state index < -0.39 is 23.8 Å². The topological polar surface area (TPSA) is 105 Å². The minimum absolute atomic E-state index is 0.0251. The summed E-state index contributed by atoms with van der Waals surface area (Å²) in [4.78, 5) is 37.1. The average molecular weight is 457 g/mol. The van der Waals surface area contributed by atoms with Gasteiger partial charge in [-0.15, -0.1) is 0 Å². The van der Waals surface area contributed by atoms with Crippen LogP contribution in [-0.2, 0) is 9.59 Å². The molecule has 1 atom stereocenters. The number of hydrogen-bond donors (Lipinski definition) is 3. The quantitative estimate of drug-likeness (QED) is 0.447. The van der Waals surface area contributed by atoms with Crippen LogP contribution >= 0.6 is 11.8 Å². The molecule has 0 unspecified atom stereocenters. The lowest BCUT2D eigenvalue weighted by Gasteiger charge is -2.16. The summed E-state index contributed by atoms with van der Waals surface area (Å²) in [5.74, 6) is -1.02. The summed E-state index contributed by atoms with van der Waals surface area (Å²) in [7, 11) is 0. The summed E-state index contributed by atoms with van der Waals surface area (Å²) in [6.45, 7) is 3.84.